The minimum absolute atomic E-state index is 0.0323. The van der Waals surface area contributed by atoms with E-state index in [1.54, 1.807) is 0 Å². The maximum Gasteiger partial charge on any atom is 0.242 e. The second kappa shape index (κ2) is 7.22. The van der Waals surface area contributed by atoms with Crippen LogP contribution in [0.2, 0.25) is 0 Å². The summed E-state index contributed by atoms with van der Waals surface area (Å²) in [5, 5.41) is 2.99. The molecule has 0 saturated carbocycles. The maximum atomic E-state index is 12.3. The molecular weight excluding hydrogens is 264 g/mol. The van der Waals surface area contributed by atoms with Gasteiger partial charge in [-0.15, -0.1) is 0 Å². The van der Waals surface area contributed by atoms with Gasteiger partial charge in [-0.2, -0.15) is 0 Å². The molecular formula is C16H24N4O. The third-order valence-electron chi connectivity index (χ3n) is 3.63. The van der Waals surface area contributed by atoms with Gasteiger partial charge in [0.1, 0.15) is 11.9 Å². The van der Waals surface area contributed by atoms with Crippen molar-refractivity contribution in [3.8, 4) is 0 Å². The molecule has 1 unspecified atom stereocenters. The largest absolute Gasteiger partial charge is 0.354 e. The van der Waals surface area contributed by atoms with Gasteiger partial charge in [-0.05, 0) is 32.0 Å². The minimum atomic E-state index is -0.282. The molecule has 5 nitrogen and oxygen atoms in total. The van der Waals surface area contributed by atoms with Gasteiger partial charge in [0.25, 0.3) is 0 Å². The second-order valence-corrected chi connectivity index (χ2v) is 5.25. The predicted octanol–water partition coefficient (Wildman–Crippen LogP) is 2.01. The zero-order valence-corrected chi connectivity index (χ0v) is 12.8. The van der Waals surface area contributed by atoms with Crippen LogP contribution in [0.5, 0.6) is 0 Å². The average Bonchev–Trinajstić information content (AvgIpc) is 2.85. The summed E-state index contributed by atoms with van der Waals surface area (Å²) in [5.74, 6) is 0.904. The van der Waals surface area contributed by atoms with E-state index in [0.717, 1.165) is 36.2 Å². The number of rotatable bonds is 7. The molecule has 21 heavy (non-hydrogen) atoms. The molecule has 0 saturated heterocycles. The van der Waals surface area contributed by atoms with E-state index in [0.29, 0.717) is 13.0 Å². The van der Waals surface area contributed by atoms with Crippen LogP contribution in [0.3, 0.4) is 0 Å². The fourth-order valence-corrected chi connectivity index (χ4v) is 2.49. The normalized spacial score (nSPS) is 12.5. The highest BCUT2D eigenvalue weighted by atomic mass is 16.2. The Balaban J connectivity index is 2.29. The first-order valence-electron chi connectivity index (χ1n) is 7.62. The van der Waals surface area contributed by atoms with Gasteiger partial charge in [0.15, 0.2) is 0 Å². The van der Waals surface area contributed by atoms with Crippen molar-refractivity contribution in [3.63, 3.8) is 0 Å². The number of nitrogens with zero attached hydrogens (tertiary/aromatic N) is 2. The van der Waals surface area contributed by atoms with Gasteiger partial charge in [-0.25, -0.2) is 4.98 Å². The summed E-state index contributed by atoms with van der Waals surface area (Å²) < 4.78 is 2.00. The lowest BCUT2D eigenvalue weighted by Crippen LogP contribution is -2.32. The number of carbonyl (C=O) groups is 1. The van der Waals surface area contributed by atoms with Crippen molar-refractivity contribution >= 4 is 16.9 Å². The molecule has 3 N–H and O–H groups in total. The van der Waals surface area contributed by atoms with Gasteiger partial charge in [-0.1, -0.05) is 25.5 Å². The molecule has 0 fully saturated rings. The lowest BCUT2D eigenvalue weighted by atomic mass is 10.2. The molecule has 2 rings (SSSR count). The fraction of sp³-hybridized carbons (Fsp3) is 0.500. The molecule has 1 aromatic carbocycles. The number of carbonyl (C=O) groups excluding carboxylic acids is 1. The van der Waals surface area contributed by atoms with Crippen LogP contribution in [0, 0.1) is 0 Å². The summed E-state index contributed by atoms with van der Waals surface area (Å²) >= 11 is 0. The average molecular weight is 288 g/mol. The Labute approximate surface area is 125 Å². The van der Waals surface area contributed by atoms with E-state index in [9.17, 15) is 4.79 Å². The molecule has 5 heteroatoms. The zero-order chi connectivity index (χ0) is 15.2. The van der Waals surface area contributed by atoms with Crippen molar-refractivity contribution in [1.29, 1.82) is 0 Å². The van der Waals surface area contributed by atoms with Gasteiger partial charge in [0.05, 0.1) is 11.0 Å². The van der Waals surface area contributed by atoms with Crippen molar-refractivity contribution in [2.75, 3.05) is 13.1 Å². The van der Waals surface area contributed by atoms with Gasteiger partial charge < -0.3 is 15.6 Å². The molecule has 1 aromatic heterocycles. The molecule has 0 spiro atoms. The number of unbranched alkanes of at least 4 members (excludes halogenated alkanes) is 1. The van der Waals surface area contributed by atoms with Gasteiger partial charge in [0, 0.05) is 13.0 Å². The summed E-state index contributed by atoms with van der Waals surface area (Å²) in [5.41, 5.74) is 7.57. The highest BCUT2D eigenvalue weighted by Gasteiger charge is 2.20. The first-order valence-corrected chi connectivity index (χ1v) is 7.62. The summed E-state index contributed by atoms with van der Waals surface area (Å²) in [4.78, 5) is 16.9. The van der Waals surface area contributed by atoms with Gasteiger partial charge in [-0.3, -0.25) is 4.79 Å². The van der Waals surface area contributed by atoms with Crippen LogP contribution < -0.4 is 11.1 Å². The van der Waals surface area contributed by atoms with Crippen molar-refractivity contribution in [1.82, 2.24) is 14.9 Å². The number of nitrogens with two attached hydrogens (primary N) is 1. The second-order valence-electron chi connectivity index (χ2n) is 5.25. The smallest absolute Gasteiger partial charge is 0.242 e. The number of amides is 1. The molecule has 0 bridgehead atoms. The SMILES string of the molecule is CCCCNC(=O)C(C)n1c(CCN)nc2ccccc21. The Morgan fingerprint density at radius 3 is 2.90 bits per heavy atom. The Hall–Kier alpha value is -1.88. The molecule has 1 atom stereocenters. The molecule has 0 radical (unpaired) electrons. The van der Waals surface area contributed by atoms with E-state index in [1.807, 2.05) is 35.8 Å². The van der Waals surface area contributed by atoms with E-state index in [4.69, 9.17) is 5.73 Å². The number of nitrogens with one attached hydrogen (secondary N) is 1. The van der Waals surface area contributed by atoms with E-state index >= 15 is 0 Å². The summed E-state index contributed by atoms with van der Waals surface area (Å²) in [6, 6.07) is 7.61. The third-order valence-corrected chi connectivity index (χ3v) is 3.63. The van der Waals surface area contributed by atoms with E-state index < -0.39 is 0 Å². The number of para-hydroxylation sites is 2. The van der Waals surface area contributed by atoms with Crippen molar-refractivity contribution in [2.45, 2.75) is 39.2 Å². The quantitative estimate of drug-likeness (QED) is 0.766. The zero-order valence-electron chi connectivity index (χ0n) is 12.8. The predicted molar refractivity (Wildman–Crippen MR) is 85.1 cm³/mol. The van der Waals surface area contributed by atoms with Crippen LogP contribution in [0.25, 0.3) is 11.0 Å². The summed E-state index contributed by atoms with van der Waals surface area (Å²) in [6.07, 6.45) is 2.74. The monoisotopic (exact) mass is 288 g/mol. The number of fused-ring (bicyclic) bond motifs is 1. The lowest BCUT2D eigenvalue weighted by molar-refractivity contribution is -0.123. The number of hydrogen-bond acceptors (Lipinski definition) is 3. The van der Waals surface area contributed by atoms with Gasteiger partial charge >= 0.3 is 0 Å². The lowest BCUT2D eigenvalue weighted by Gasteiger charge is -2.17. The Bertz CT molecular complexity index is 605. The summed E-state index contributed by atoms with van der Waals surface area (Å²) in [7, 11) is 0. The van der Waals surface area contributed by atoms with Crippen molar-refractivity contribution < 1.29 is 4.79 Å². The minimum Gasteiger partial charge on any atom is -0.354 e. The third kappa shape index (κ3) is 3.42. The number of aromatic nitrogens is 2. The van der Waals surface area contributed by atoms with Crippen LogP contribution in [-0.4, -0.2) is 28.5 Å². The Morgan fingerprint density at radius 1 is 1.43 bits per heavy atom. The topological polar surface area (TPSA) is 72.9 Å². The molecule has 2 aromatic rings. The number of hydrogen-bond donors (Lipinski definition) is 2. The van der Waals surface area contributed by atoms with Crippen LogP contribution in [-0.2, 0) is 11.2 Å². The molecule has 0 aliphatic rings. The van der Waals surface area contributed by atoms with Crippen LogP contribution in [0.15, 0.2) is 24.3 Å². The standard InChI is InChI=1S/C16H24N4O/c1-3-4-11-18-16(21)12(2)20-14-8-6-5-7-13(14)19-15(20)9-10-17/h5-8,12H,3-4,9-11,17H2,1-2H3,(H,18,21). The molecule has 1 heterocycles. The van der Waals surface area contributed by atoms with E-state index in [-0.39, 0.29) is 11.9 Å². The molecule has 114 valence electrons. The highest BCUT2D eigenvalue weighted by molar-refractivity contribution is 5.84. The highest BCUT2D eigenvalue weighted by Crippen LogP contribution is 2.21. The molecule has 1 amide bonds. The number of imidazole rings is 1. The first kappa shape index (κ1) is 15.5. The van der Waals surface area contributed by atoms with E-state index in [2.05, 4.69) is 17.2 Å². The van der Waals surface area contributed by atoms with Crippen LogP contribution >= 0.6 is 0 Å². The van der Waals surface area contributed by atoms with Crippen molar-refractivity contribution in [2.24, 2.45) is 5.73 Å². The van der Waals surface area contributed by atoms with Crippen molar-refractivity contribution in [3.05, 3.63) is 30.1 Å². The fourth-order valence-electron chi connectivity index (χ4n) is 2.49. The van der Waals surface area contributed by atoms with Crippen LogP contribution in [0.1, 0.15) is 38.6 Å². The maximum absolute atomic E-state index is 12.3. The van der Waals surface area contributed by atoms with Gasteiger partial charge in [0.2, 0.25) is 5.91 Å². The van der Waals surface area contributed by atoms with E-state index in [1.165, 1.54) is 0 Å². The first-order chi connectivity index (χ1) is 10.2. The number of benzene rings is 1. The molecule has 0 aliphatic carbocycles. The Kier molecular flexibility index (Phi) is 5.33. The molecule has 0 aliphatic heterocycles. The Morgan fingerprint density at radius 2 is 2.19 bits per heavy atom. The van der Waals surface area contributed by atoms with Crippen LogP contribution in [0.4, 0.5) is 0 Å². The summed E-state index contributed by atoms with van der Waals surface area (Å²) in [6.45, 7) is 5.26.